The van der Waals surface area contributed by atoms with E-state index in [0.717, 1.165) is 30.0 Å². The fraction of sp³-hybridized carbons (Fsp3) is 0.231. The van der Waals surface area contributed by atoms with Gasteiger partial charge in [0.15, 0.2) is 0 Å². The zero-order chi connectivity index (χ0) is 21.0. The number of hydrogen-bond donors (Lipinski definition) is 1. The molecular weight excluding hydrogens is 402 g/mol. The number of carbonyl (C=O) groups is 1. The van der Waals surface area contributed by atoms with Crippen molar-refractivity contribution in [1.29, 1.82) is 0 Å². The Bertz CT molecular complexity index is 1150. The molecule has 1 aliphatic rings. The summed E-state index contributed by atoms with van der Waals surface area (Å²) in [6.07, 6.45) is 3.98. The highest BCUT2D eigenvalue weighted by Gasteiger charge is 2.29. The summed E-state index contributed by atoms with van der Waals surface area (Å²) in [5.74, 6) is 0.0381. The minimum Gasteiger partial charge on any atom is -0.342 e. The largest absolute Gasteiger partial charge is 0.342 e. The van der Waals surface area contributed by atoms with Gasteiger partial charge in [0.1, 0.15) is 11.0 Å². The van der Waals surface area contributed by atoms with Gasteiger partial charge in [0.05, 0.1) is 6.54 Å². The average Bonchev–Trinajstić information content (AvgIpc) is 3.50. The summed E-state index contributed by atoms with van der Waals surface area (Å²) in [6, 6.07) is 25.1. The van der Waals surface area contributed by atoms with Crippen molar-refractivity contribution in [3.63, 3.8) is 0 Å². The van der Waals surface area contributed by atoms with Gasteiger partial charge < -0.3 is 5.32 Å². The fourth-order valence-corrected chi connectivity index (χ4v) is 5.32. The number of nitrogens with zero attached hydrogens (tertiary/aromatic N) is 2. The molecule has 4 nitrogen and oxygen atoms in total. The molecule has 1 saturated heterocycles. The summed E-state index contributed by atoms with van der Waals surface area (Å²) in [5.41, 5.74) is 2.38. The molecule has 0 spiro atoms. The first-order chi connectivity index (χ1) is 15.3. The molecule has 4 aromatic rings. The van der Waals surface area contributed by atoms with Crippen LogP contribution in [0.15, 0.2) is 84.4 Å². The van der Waals surface area contributed by atoms with Crippen LogP contribution in [-0.2, 0) is 4.79 Å². The summed E-state index contributed by atoms with van der Waals surface area (Å²) < 4.78 is 0. The van der Waals surface area contributed by atoms with Gasteiger partial charge in [-0.25, -0.2) is 4.98 Å². The average molecular weight is 428 g/mol. The molecule has 1 amide bonds. The van der Waals surface area contributed by atoms with Crippen LogP contribution in [-0.4, -0.2) is 28.9 Å². The number of hydrogen-bond acceptors (Lipinski definition) is 4. The fourth-order valence-electron chi connectivity index (χ4n) is 4.61. The lowest BCUT2D eigenvalue weighted by atomic mass is 9.97. The summed E-state index contributed by atoms with van der Waals surface area (Å²) in [5, 5.41) is 8.64. The van der Waals surface area contributed by atoms with Gasteiger partial charge in [0.2, 0.25) is 5.91 Å². The van der Waals surface area contributed by atoms with E-state index in [2.05, 4.69) is 57.7 Å². The first-order valence-electron chi connectivity index (χ1n) is 10.7. The highest BCUT2D eigenvalue weighted by Crippen LogP contribution is 2.35. The number of fused-ring (bicyclic) bond motifs is 1. The van der Waals surface area contributed by atoms with Gasteiger partial charge in [-0.05, 0) is 41.3 Å². The van der Waals surface area contributed by atoms with Gasteiger partial charge in [-0.15, -0.1) is 11.3 Å². The molecule has 1 aromatic heterocycles. The molecular formula is C26H25N3OS. The van der Waals surface area contributed by atoms with Crippen LogP contribution in [0.4, 0.5) is 0 Å². The zero-order valence-corrected chi connectivity index (χ0v) is 18.1. The Hall–Kier alpha value is -3.02. The second kappa shape index (κ2) is 9.00. The molecule has 1 fully saturated rings. The van der Waals surface area contributed by atoms with Crippen LogP contribution in [0.25, 0.3) is 10.8 Å². The Morgan fingerprint density at radius 3 is 2.71 bits per heavy atom. The highest BCUT2D eigenvalue weighted by atomic mass is 32.1. The molecule has 31 heavy (non-hydrogen) atoms. The SMILES string of the molecule is O=C(CN1CCCC1c1cccc2ccccc12)NC(c1ccccc1)c1nccs1. The van der Waals surface area contributed by atoms with Crippen molar-refractivity contribution >= 4 is 28.0 Å². The van der Waals surface area contributed by atoms with Crippen molar-refractivity contribution in [3.05, 3.63) is 101 Å². The molecule has 3 aromatic carbocycles. The van der Waals surface area contributed by atoms with E-state index in [-0.39, 0.29) is 18.0 Å². The van der Waals surface area contributed by atoms with Crippen molar-refractivity contribution in [2.45, 2.75) is 24.9 Å². The van der Waals surface area contributed by atoms with Crippen LogP contribution in [0.5, 0.6) is 0 Å². The van der Waals surface area contributed by atoms with E-state index in [9.17, 15) is 4.79 Å². The molecule has 5 rings (SSSR count). The molecule has 156 valence electrons. The van der Waals surface area contributed by atoms with E-state index < -0.39 is 0 Å². The number of rotatable bonds is 6. The Balaban J connectivity index is 1.35. The molecule has 0 radical (unpaired) electrons. The topological polar surface area (TPSA) is 45.2 Å². The van der Waals surface area contributed by atoms with E-state index in [0.29, 0.717) is 6.54 Å². The maximum absolute atomic E-state index is 13.1. The number of aromatic nitrogens is 1. The Labute approximate surface area is 186 Å². The Morgan fingerprint density at radius 2 is 1.87 bits per heavy atom. The number of thiazole rings is 1. The molecule has 1 aliphatic heterocycles. The minimum absolute atomic E-state index is 0.0381. The first kappa shape index (κ1) is 19.9. The third kappa shape index (κ3) is 4.24. The van der Waals surface area contributed by atoms with Crippen LogP contribution in [0.2, 0.25) is 0 Å². The van der Waals surface area contributed by atoms with Gasteiger partial charge in [0.25, 0.3) is 0 Å². The maximum Gasteiger partial charge on any atom is 0.235 e. The first-order valence-corrected chi connectivity index (χ1v) is 11.6. The van der Waals surface area contributed by atoms with Gasteiger partial charge in [-0.1, -0.05) is 72.8 Å². The summed E-state index contributed by atoms with van der Waals surface area (Å²) >= 11 is 1.57. The normalized spacial score (nSPS) is 17.6. The lowest BCUT2D eigenvalue weighted by Gasteiger charge is -2.26. The van der Waals surface area contributed by atoms with Crippen LogP contribution in [0.3, 0.4) is 0 Å². The summed E-state index contributed by atoms with van der Waals surface area (Å²) in [7, 11) is 0. The standard InChI is InChI=1S/C26H25N3OS/c30-24(28-25(26-27-15-17-31-26)20-9-2-1-3-10-20)18-29-16-7-14-23(29)22-13-6-11-19-8-4-5-12-21(19)22/h1-6,8-13,15,17,23,25H,7,14,16,18H2,(H,28,30). The van der Waals surface area contributed by atoms with Crippen LogP contribution in [0.1, 0.15) is 41.1 Å². The van der Waals surface area contributed by atoms with Gasteiger partial charge in [-0.2, -0.15) is 0 Å². The molecule has 0 saturated carbocycles. The molecule has 2 atom stereocenters. The lowest BCUT2D eigenvalue weighted by molar-refractivity contribution is -0.123. The van der Waals surface area contributed by atoms with Crippen LogP contribution < -0.4 is 5.32 Å². The van der Waals surface area contributed by atoms with E-state index in [4.69, 9.17) is 0 Å². The monoisotopic (exact) mass is 427 g/mol. The van der Waals surface area contributed by atoms with Gasteiger partial charge in [-0.3, -0.25) is 9.69 Å². The van der Waals surface area contributed by atoms with Crippen molar-refractivity contribution in [3.8, 4) is 0 Å². The third-order valence-electron chi connectivity index (χ3n) is 6.03. The van der Waals surface area contributed by atoms with Crippen LogP contribution >= 0.6 is 11.3 Å². The smallest absolute Gasteiger partial charge is 0.235 e. The van der Waals surface area contributed by atoms with E-state index >= 15 is 0 Å². The van der Waals surface area contributed by atoms with Gasteiger partial charge >= 0.3 is 0 Å². The number of amides is 1. The summed E-state index contributed by atoms with van der Waals surface area (Å²) in [4.78, 5) is 19.9. The zero-order valence-electron chi connectivity index (χ0n) is 17.3. The quantitative estimate of drug-likeness (QED) is 0.452. The van der Waals surface area contributed by atoms with Gasteiger partial charge in [0, 0.05) is 17.6 Å². The predicted octanol–water partition coefficient (Wildman–Crippen LogP) is 5.34. The van der Waals surface area contributed by atoms with Crippen molar-refractivity contribution < 1.29 is 4.79 Å². The third-order valence-corrected chi connectivity index (χ3v) is 6.87. The van der Waals surface area contributed by atoms with E-state index in [1.807, 2.05) is 35.7 Å². The summed E-state index contributed by atoms with van der Waals surface area (Å²) in [6.45, 7) is 1.33. The molecule has 2 heterocycles. The van der Waals surface area contributed by atoms with Crippen molar-refractivity contribution in [2.75, 3.05) is 13.1 Å². The maximum atomic E-state index is 13.1. The number of carbonyl (C=O) groups excluding carboxylic acids is 1. The van der Waals surface area contributed by atoms with E-state index in [1.54, 1.807) is 17.5 Å². The molecule has 0 aliphatic carbocycles. The Kier molecular flexibility index (Phi) is 5.78. The Morgan fingerprint density at radius 1 is 1.06 bits per heavy atom. The number of likely N-dealkylation sites (tertiary alicyclic amines) is 1. The second-order valence-corrected chi connectivity index (χ2v) is 8.90. The number of benzene rings is 3. The lowest BCUT2D eigenvalue weighted by Crippen LogP contribution is -2.39. The predicted molar refractivity (Wildman–Crippen MR) is 126 cm³/mol. The highest BCUT2D eigenvalue weighted by molar-refractivity contribution is 7.09. The second-order valence-electron chi connectivity index (χ2n) is 7.98. The van der Waals surface area contributed by atoms with Crippen molar-refractivity contribution in [2.24, 2.45) is 0 Å². The minimum atomic E-state index is -0.215. The van der Waals surface area contributed by atoms with Crippen LogP contribution in [0, 0.1) is 0 Å². The molecule has 0 bridgehead atoms. The number of nitrogens with one attached hydrogen (secondary N) is 1. The molecule has 5 heteroatoms. The molecule has 1 N–H and O–H groups in total. The molecule has 2 unspecified atom stereocenters. The van der Waals surface area contributed by atoms with Crippen molar-refractivity contribution in [1.82, 2.24) is 15.2 Å². The van der Waals surface area contributed by atoms with E-state index in [1.165, 1.54) is 16.3 Å².